The highest BCUT2D eigenvalue weighted by molar-refractivity contribution is 6.13. The van der Waals surface area contributed by atoms with Gasteiger partial charge in [-0.05, 0) is 95.1 Å². The number of halogens is 8. The van der Waals surface area contributed by atoms with Gasteiger partial charge in [0.25, 0.3) is 0 Å². The molecule has 0 aliphatic rings. The van der Waals surface area contributed by atoms with Gasteiger partial charge in [0.15, 0.2) is 23.3 Å². The van der Waals surface area contributed by atoms with Crippen molar-refractivity contribution in [3.63, 3.8) is 0 Å². The second-order valence-electron chi connectivity index (χ2n) is 17.1. The van der Waals surface area contributed by atoms with Crippen molar-refractivity contribution >= 4 is 43.6 Å². The molecule has 344 valence electrons. The smallest absolute Gasteiger partial charge is 0.307 e. The van der Waals surface area contributed by atoms with E-state index in [0.717, 1.165) is 56.9 Å². The third kappa shape index (κ3) is 7.12. The topological polar surface area (TPSA) is 35.6 Å². The van der Waals surface area contributed by atoms with Crippen molar-refractivity contribution < 1.29 is 35.1 Å². The Morgan fingerprint density at radius 1 is 0.338 bits per heavy atom. The normalized spacial score (nSPS) is 11.9. The number of fused-ring (bicyclic) bond motifs is 6. The average molecular weight is 949 g/mol. The summed E-state index contributed by atoms with van der Waals surface area (Å²) in [6.07, 6.45) is -1.96. The zero-order valence-corrected chi connectivity index (χ0v) is 36.8. The molecule has 4 nitrogen and oxygen atoms in total. The number of hydrogen-bond donors (Lipinski definition) is 0. The summed E-state index contributed by atoms with van der Waals surface area (Å²) in [5, 5.41) is 2.67. The summed E-state index contributed by atoms with van der Waals surface area (Å²) in [6, 6.07) is 54.0. The van der Waals surface area contributed by atoms with Crippen LogP contribution in [0.25, 0.3) is 111 Å². The standard InChI is InChI=1S/C59H32F8N4/c60-54-53(55(61)57(63)58(64)56(54)62)43-31-51(70-47-17-9-7-15-39(47)41-27-35(19-21-49(41)70)37-23-25-68-45(29-37)33-11-3-1-4-12-33)52(32-44(43)59(65,66)67)71-48-18-10-8-16-40(48)42-28-36(20-22-50(42)71)38-24-26-69-46(30-38)34-13-5-2-6-14-34/h1-32H. The molecule has 0 aliphatic carbocycles. The Morgan fingerprint density at radius 2 is 0.732 bits per heavy atom. The highest BCUT2D eigenvalue weighted by Gasteiger charge is 2.39. The van der Waals surface area contributed by atoms with Gasteiger partial charge in [0.1, 0.15) is 0 Å². The maximum atomic E-state index is 16.0. The molecule has 4 aromatic heterocycles. The molecule has 12 rings (SSSR count). The molecule has 4 heterocycles. The lowest BCUT2D eigenvalue weighted by Crippen LogP contribution is -2.14. The lowest BCUT2D eigenvalue weighted by molar-refractivity contribution is -0.137. The summed E-state index contributed by atoms with van der Waals surface area (Å²) in [5.41, 5.74) is 3.73. The number of nitrogens with zero attached hydrogens (tertiary/aromatic N) is 4. The highest BCUT2D eigenvalue weighted by atomic mass is 19.4. The van der Waals surface area contributed by atoms with Crippen LogP contribution in [0.3, 0.4) is 0 Å². The lowest BCUT2D eigenvalue weighted by atomic mass is 9.95. The third-order valence-corrected chi connectivity index (χ3v) is 13.1. The largest absolute Gasteiger partial charge is 0.417 e. The first-order valence-corrected chi connectivity index (χ1v) is 22.3. The van der Waals surface area contributed by atoms with Crippen molar-refractivity contribution in [3.8, 4) is 67.3 Å². The Balaban J connectivity index is 1.16. The van der Waals surface area contributed by atoms with Crippen molar-refractivity contribution in [1.29, 1.82) is 0 Å². The Labute approximate surface area is 399 Å². The van der Waals surface area contributed by atoms with E-state index in [1.165, 1.54) is 0 Å². The van der Waals surface area contributed by atoms with Crippen molar-refractivity contribution in [1.82, 2.24) is 19.1 Å². The highest BCUT2D eigenvalue weighted by Crippen LogP contribution is 2.47. The fraction of sp³-hybridized carbons (Fsp3) is 0.0169. The van der Waals surface area contributed by atoms with Gasteiger partial charge in [0.05, 0.1) is 56.0 Å². The summed E-state index contributed by atoms with van der Waals surface area (Å²) in [5.74, 6) is -12.1. The molecule has 0 spiro atoms. The molecule has 12 heteroatoms. The first-order valence-electron chi connectivity index (χ1n) is 22.3. The van der Waals surface area contributed by atoms with Gasteiger partial charge in [-0.15, -0.1) is 0 Å². The number of pyridine rings is 2. The van der Waals surface area contributed by atoms with Gasteiger partial charge in [0.2, 0.25) is 5.82 Å². The van der Waals surface area contributed by atoms with Gasteiger partial charge in [-0.1, -0.05) is 109 Å². The van der Waals surface area contributed by atoms with Crippen LogP contribution in [0.15, 0.2) is 194 Å². The van der Waals surface area contributed by atoms with Crippen LogP contribution < -0.4 is 0 Å². The van der Waals surface area contributed by atoms with Gasteiger partial charge >= 0.3 is 6.18 Å². The molecule has 0 amide bonds. The first kappa shape index (κ1) is 43.4. The first-order chi connectivity index (χ1) is 34.4. The van der Waals surface area contributed by atoms with E-state index in [2.05, 4.69) is 9.97 Å². The number of rotatable bonds is 7. The predicted molar refractivity (Wildman–Crippen MR) is 263 cm³/mol. The van der Waals surface area contributed by atoms with Crippen LogP contribution in [-0.4, -0.2) is 19.1 Å². The minimum atomic E-state index is -5.37. The van der Waals surface area contributed by atoms with Gasteiger partial charge in [-0.2, -0.15) is 13.2 Å². The van der Waals surface area contributed by atoms with Crippen LogP contribution >= 0.6 is 0 Å². The van der Waals surface area contributed by atoms with Gasteiger partial charge in [-0.25, -0.2) is 22.0 Å². The Kier molecular flexibility index (Phi) is 10.2. The van der Waals surface area contributed by atoms with E-state index in [0.29, 0.717) is 43.6 Å². The molecule has 0 atom stereocenters. The average Bonchev–Trinajstić information content (AvgIpc) is 3.92. The van der Waals surface area contributed by atoms with Crippen molar-refractivity contribution in [2.24, 2.45) is 0 Å². The van der Waals surface area contributed by atoms with Crippen LogP contribution in [0.2, 0.25) is 0 Å². The molecule has 0 unspecified atom stereocenters. The zero-order chi connectivity index (χ0) is 48.7. The predicted octanol–water partition coefficient (Wildman–Crippen LogP) is 16.7. The second kappa shape index (κ2) is 16.7. The number of alkyl halides is 3. The summed E-state index contributed by atoms with van der Waals surface area (Å²) < 4.78 is 127. The summed E-state index contributed by atoms with van der Waals surface area (Å²) in [6.45, 7) is 0. The lowest BCUT2D eigenvalue weighted by Gasteiger charge is -2.22. The maximum absolute atomic E-state index is 16.0. The van der Waals surface area contributed by atoms with Crippen molar-refractivity contribution in [2.45, 2.75) is 6.18 Å². The molecular weight excluding hydrogens is 917 g/mol. The van der Waals surface area contributed by atoms with Crippen LogP contribution in [0, 0.1) is 29.1 Å². The van der Waals surface area contributed by atoms with Crippen LogP contribution in [0.1, 0.15) is 5.56 Å². The monoisotopic (exact) mass is 948 g/mol. The minimum Gasteiger partial charge on any atom is -0.307 e. The molecule has 8 aromatic carbocycles. The Bertz CT molecular complexity index is 4080. The molecule has 0 radical (unpaired) electrons. The van der Waals surface area contributed by atoms with E-state index in [1.807, 2.05) is 133 Å². The van der Waals surface area contributed by atoms with Gasteiger partial charge in [0, 0.05) is 50.6 Å². The second-order valence-corrected chi connectivity index (χ2v) is 17.1. The third-order valence-electron chi connectivity index (χ3n) is 13.1. The Morgan fingerprint density at radius 3 is 1.20 bits per heavy atom. The summed E-state index contributed by atoms with van der Waals surface area (Å²) in [4.78, 5) is 9.16. The van der Waals surface area contributed by atoms with Crippen molar-refractivity contribution in [2.75, 3.05) is 0 Å². The van der Waals surface area contributed by atoms with Crippen molar-refractivity contribution in [3.05, 3.63) is 229 Å². The molecular formula is C59H32F8N4. The Hall–Kier alpha value is -8.90. The van der Waals surface area contributed by atoms with E-state index in [4.69, 9.17) is 0 Å². The molecule has 0 saturated heterocycles. The van der Waals surface area contributed by atoms with E-state index in [-0.39, 0.29) is 11.4 Å². The molecule has 12 aromatic rings. The zero-order valence-electron chi connectivity index (χ0n) is 36.8. The fourth-order valence-corrected chi connectivity index (χ4v) is 9.80. The van der Waals surface area contributed by atoms with E-state index in [9.17, 15) is 4.39 Å². The number of aromatic nitrogens is 4. The number of benzene rings is 8. The molecule has 71 heavy (non-hydrogen) atoms. The molecule has 0 saturated carbocycles. The van der Waals surface area contributed by atoms with E-state index >= 15 is 30.7 Å². The quantitative estimate of drug-likeness (QED) is 0.0907. The molecule has 0 fully saturated rings. The van der Waals surface area contributed by atoms with Gasteiger partial charge in [-0.3, -0.25) is 9.97 Å². The SMILES string of the molecule is Fc1c(F)c(F)c(-c2cc(-n3c4ccccc4c4cc(-c5ccnc(-c6ccccc6)c5)ccc43)c(-n3c4ccccc4c4cc(-c5ccnc(-c6ccccc6)c5)ccc43)cc2C(F)(F)F)c(F)c1F. The fourth-order valence-electron chi connectivity index (χ4n) is 9.80. The van der Waals surface area contributed by atoms with E-state index in [1.54, 1.807) is 57.9 Å². The number of hydrogen-bond acceptors (Lipinski definition) is 2. The molecule has 0 N–H and O–H groups in total. The van der Waals surface area contributed by atoms with E-state index < -0.39 is 52.0 Å². The van der Waals surface area contributed by atoms with Crippen LogP contribution in [-0.2, 0) is 6.18 Å². The minimum absolute atomic E-state index is 0.0421. The summed E-state index contributed by atoms with van der Waals surface area (Å²) in [7, 11) is 0. The number of para-hydroxylation sites is 2. The van der Waals surface area contributed by atoms with Crippen LogP contribution in [0.4, 0.5) is 35.1 Å². The molecule has 0 bridgehead atoms. The summed E-state index contributed by atoms with van der Waals surface area (Å²) >= 11 is 0. The van der Waals surface area contributed by atoms with Crippen LogP contribution in [0.5, 0.6) is 0 Å². The van der Waals surface area contributed by atoms with Gasteiger partial charge < -0.3 is 9.13 Å². The maximum Gasteiger partial charge on any atom is 0.417 e. The molecule has 0 aliphatic heterocycles.